The highest BCUT2D eigenvalue weighted by atomic mass is 19.4. The maximum absolute atomic E-state index is 12.6. The van der Waals surface area contributed by atoms with E-state index in [1.54, 1.807) is 0 Å². The van der Waals surface area contributed by atoms with Crippen molar-refractivity contribution in [1.29, 1.82) is 0 Å². The van der Waals surface area contributed by atoms with E-state index in [0.29, 0.717) is 13.1 Å². The molecule has 1 saturated heterocycles. The van der Waals surface area contributed by atoms with Gasteiger partial charge in [-0.25, -0.2) is 0 Å². The van der Waals surface area contributed by atoms with Crippen molar-refractivity contribution < 1.29 is 13.2 Å². The van der Waals surface area contributed by atoms with E-state index < -0.39 is 17.5 Å². The summed E-state index contributed by atoms with van der Waals surface area (Å²) in [5.74, 6) is -1.05. The molecule has 1 N–H and O–H groups in total. The molecule has 1 atom stereocenters. The summed E-state index contributed by atoms with van der Waals surface area (Å²) in [7, 11) is 0. The van der Waals surface area contributed by atoms with E-state index in [4.69, 9.17) is 0 Å². The summed E-state index contributed by atoms with van der Waals surface area (Å²) in [5, 5.41) is 3.08. The molecule has 2 fully saturated rings. The van der Waals surface area contributed by atoms with Gasteiger partial charge in [-0.05, 0) is 31.2 Å². The van der Waals surface area contributed by atoms with Gasteiger partial charge < -0.3 is 5.32 Å². The summed E-state index contributed by atoms with van der Waals surface area (Å²) in [6, 6.07) is 0. The van der Waals surface area contributed by atoms with Crippen LogP contribution in [0.1, 0.15) is 25.7 Å². The third-order valence-corrected chi connectivity index (χ3v) is 3.57. The van der Waals surface area contributed by atoms with Gasteiger partial charge in [-0.3, -0.25) is 0 Å². The highest BCUT2D eigenvalue weighted by molar-refractivity contribution is 5.00. The van der Waals surface area contributed by atoms with E-state index in [0.717, 1.165) is 19.3 Å². The van der Waals surface area contributed by atoms with Crippen molar-refractivity contribution in [2.75, 3.05) is 13.1 Å². The van der Waals surface area contributed by atoms with E-state index in [1.165, 1.54) is 0 Å². The van der Waals surface area contributed by atoms with Gasteiger partial charge in [-0.2, -0.15) is 13.2 Å². The molecular formula is C9H14F3N. The monoisotopic (exact) mass is 193 g/mol. The van der Waals surface area contributed by atoms with Gasteiger partial charge in [0.1, 0.15) is 0 Å². The molecule has 4 heteroatoms. The molecule has 1 nitrogen and oxygen atoms in total. The second-order valence-electron chi connectivity index (χ2n) is 4.28. The zero-order chi connectivity index (χ0) is 9.53. The number of rotatable bonds is 0. The number of piperidine rings is 1. The maximum Gasteiger partial charge on any atom is 0.392 e. The van der Waals surface area contributed by atoms with Crippen molar-refractivity contribution in [1.82, 2.24) is 5.32 Å². The molecule has 1 aliphatic heterocycles. The molecular weight excluding hydrogens is 179 g/mol. The van der Waals surface area contributed by atoms with E-state index in [-0.39, 0.29) is 6.42 Å². The lowest BCUT2D eigenvalue weighted by atomic mass is 9.58. The molecule has 1 aliphatic carbocycles. The smallest absolute Gasteiger partial charge is 0.316 e. The van der Waals surface area contributed by atoms with E-state index in [1.807, 2.05) is 0 Å². The second-order valence-corrected chi connectivity index (χ2v) is 4.28. The molecule has 0 unspecified atom stereocenters. The van der Waals surface area contributed by atoms with Crippen LogP contribution in [-0.2, 0) is 0 Å². The molecule has 1 heterocycles. The van der Waals surface area contributed by atoms with E-state index in [9.17, 15) is 13.2 Å². The van der Waals surface area contributed by atoms with Gasteiger partial charge in [-0.15, -0.1) is 0 Å². The molecule has 13 heavy (non-hydrogen) atoms. The minimum atomic E-state index is -3.98. The van der Waals surface area contributed by atoms with Gasteiger partial charge in [-0.1, -0.05) is 6.42 Å². The lowest BCUT2D eigenvalue weighted by Gasteiger charge is -2.51. The van der Waals surface area contributed by atoms with Crippen molar-refractivity contribution in [3.8, 4) is 0 Å². The fourth-order valence-electron chi connectivity index (χ4n) is 2.68. The zero-order valence-electron chi connectivity index (χ0n) is 7.45. The Morgan fingerprint density at radius 2 is 1.92 bits per heavy atom. The first kappa shape index (κ1) is 9.31. The summed E-state index contributed by atoms with van der Waals surface area (Å²) in [4.78, 5) is 0. The van der Waals surface area contributed by atoms with Crippen LogP contribution in [0.2, 0.25) is 0 Å². The van der Waals surface area contributed by atoms with Crippen LogP contribution in [-0.4, -0.2) is 19.3 Å². The third-order valence-electron chi connectivity index (χ3n) is 3.57. The molecule has 2 rings (SSSR count). The predicted molar refractivity (Wildman–Crippen MR) is 43.3 cm³/mol. The SMILES string of the molecule is FC(F)(F)[C@H]1CCNCC12CCC2. The van der Waals surface area contributed by atoms with E-state index in [2.05, 4.69) is 5.32 Å². The quantitative estimate of drug-likeness (QED) is 0.622. The number of halogens is 3. The Hall–Kier alpha value is -0.250. The fourth-order valence-corrected chi connectivity index (χ4v) is 2.68. The average molecular weight is 193 g/mol. The molecule has 2 aliphatic rings. The Morgan fingerprint density at radius 3 is 2.31 bits per heavy atom. The summed E-state index contributed by atoms with van der Waals surface area (Å²) >= 11 is 0. The van der Waals surface area contributed by atoms with Crippen LogP contribution in [0.4, 0.5) is 13.2 Å². The first-order valence-corrected chi connectivity index (χ1v) is 4.82. The minimum Gasteiger partial charge on any atom is -0.316 e. The fraction of sp³-hybridized carbons (Fsp3) is 1.00. The Labute approximate surface area is 75.7 Å². The van der Waals surface area contributed by atoms with Gasteiger partial charge in [0, 0.05) is 6.54 Å². The molecule has 0 aromatic carbocycles. The van der Waals surface area contributed by atoms with Crippen LogP contribution >= 0.6 is 0 Å². The summed E-state index contributed by atoms with van der Waals surface area (Å²) < 4.78 is 37.9. The second kappa shape index (κ2) is 2.87. The molecule has 0 aromatic heterocycles. The molecule has 0 bridgehead atoms. The number of alkyl halides is 3. The Kier molecular flexibility index (Phi) is 2.06. The zero-order valence-corrected chi connectivity index (χ0v) is 7.45. The van der Waals surface area contributed by atoms with Gasteiger partial charge in [0.15, 0.2) is 0 Å². The maximum atomic E-state index is 12.6. The van der Waals surface area contributed by atoms with Crippen molar-refractivity contribution in [2.45, 2.75) is 31.9 Å². The van der Waals surface area contributed by atoms with E-state index >= 15 is 0 Å². The van der Waals surface area contributed by atoms with Gasteiger partial charge in [0.05, 0.1) is 5.92 Å². The van der Waals surface area contributed by atoms with Crippen molar-refractivity contribution in [3.05, 3.63) is 0 Å². The summed E-state index contributed by atoms with van der Waals surface area (Å²) in [6.45, 7) is 1.09. The lowest BCUT2D eigenvalue weighted by Crippen LogP contribution is -2.55. The molecule has 1 saturated carbocycles. The van der Waals surface area contributed by atoms with Crippen LogP contribution in [0.3, 0.4) is 0 Å². The topological polar surface area (TPSA) is 12.0 Å². The Bertz CT molecular complexity index is 196. The molecule has 1 spiro atoms. The molecule has 76 valence electrons. The molecule has 0 radical (unpaired) electrons. The van der Waals surface area contributed by atoms with Crippen molar-refractivity contribution >= 4 is 0 Å². The van der Waals surface area contributed by atoms with Crippen LogP contribution in [0.5, 0.6) is 0 Å². The minimum absolute atomic E-state index is 0.267. The van der Waals surface area contributed by atoms with Crippen molar-refractivity contribution in [3.63, 3.8) is 0 Å². The number of nitrogens with one attached hydrogen (secondary N) is 1. The first-order valence-electron chi connectivity index (χ1n) is 4.82. The lowest BCUT2D eigenvalue weighted by molar-refractivity contribution is -0.227. The molecule has 0 amide bonds. The number of hydrogen-bond acceptors (Lipinski definition) is 1. The average Bonchev–Trinajstić information content (AvgIpc) is 2.00. The van der Waals surface area contributed by atoms with Crippen LogP contribution in [0, 0.1) is 11.3 Å². The number of hydrogen-bond donors (Lipinski definition) is 1. The Morgan fingerprint density at radius 1 is 1.23 bits per heavy atom. The van der Waals surface area contributed by atoms with Crippen LogP contribution in [0.25, 0.3) is 0 Å². The predicted octanol–water partition coefficient (Wildman–Crippen LogP) is 2.33. The normalized spacial score (nSPS) is 33.0. The Balaban J connectivity index is 2.14. The summed E-state index contributed by atoms with van der Waals surface area (Å²) in [6.07, 6.45) is -1.24. The largest absolute Gasteiger partial charge is 0.392 e. The first-order chi connectivity index (χ1) is 6.05. The molecule has 0 aromatic rings. The van der Waals surface area contributed by atoms with Crippen LogP contribution < -0.4 is 5.32 Å². The van der Waals surface area contributed by atoms with Crippen molar-refractivity contribution in [2.24, 2.45) is 11.3 Å². The van der Waals surface area contributed by atoms with Gasteiger partial charge >= 0.3 is 6.18 Å². The van der Waals surface area contributed by atoms with Gasteiger partial charge in [0.2, 0.25) is 0 Å². The van der Waals surface area contributed by atoms with Gasteiger partial charge in [0.25, 0.3) is 0 Å². The highest BCUT2D eigenvalue weighted by Crippen LogP contribution is 2.54. The summed E-state index contributed by atoms with van der Waals surface area (Å²) in [5.41, 5.74) is -0.434. The highest BCUT2D eigenvalue weighted by Gasteiger charge is 2.56. The van der Waals surface area contributed by atoms with Crippen LogP contribution in [0.15, 0.2) is 0 Å². The standard InChI is InChI=1S/C9H14F3N/c10-9(11,12)7-2-5-13-6-8(7)3-1-4-8/h7,13H,1-6H2/t7-/m0/s1. The third kappa shape index (κ3) is 1.45.